The van der Waals surface area contributed by atoms with Crippen molar-refractivity contribution in [2.75, 3.05) is 6.26 Å². The van der Waals surface area contributed by atoms with Crippen LogP contribution in [0.1, 0.15) is 25.8 Å². The van der Waals surface area contributed by atoms with E-state index in [1.54, 1.807) is 0 Å². The monoisotopic (exact) mass is 194 g/mol. The molecule has 1 aromatic rings. The summed E-state index contributed by atoms with van der Waals surface area (Å²) in [5.74, 6) is 0.804. The molecule has 72 valence electrons. The molecule has 0 aliphatic heterocycles. The molecule has 0 saturated heterocycles. The summed E-state index contributed by atoms with van der Waals surface area (Å²) >= 11 is 1.82. The molecular formula is C12H18S. The van der Waals surface area contributed by atoms with Crippen molar-refractivity contribution >= 4 is 11.8 Å². The topological polar surface area (TPSA) is 0 Å². The molecule has 0 fully saturated rings. The molecule has 0 N–H and O–H groups in total. The summed E-state index contributed by atoms with van der Waals surface area (Å²) in [6.07, 6.45) is 4.63. The number of rotatable bonds is 4. The predicted octanol–water partition coefficient (Wildman–Crippen LogP) is 4.00. The van der Waals surface area contributed by atoms with E-state index in [1.807, 2.05) is 11.8 Å². The highest BCUT2D eigenvalue weighted by Gasteiger charge is 1.97. The van der Waals surface area contributed by atoms with E-state index in [0.717, 1.165) is 5.92 Å². The van der Waals surface area contributed by atoms with Gasteiger partial charge in [0.25, 0.3) is 0 Å². The van der Waals surface area contributed by atoms with Gasteiger partial charge in [-0.1, -0.05) is 26.0 Å². The number of benzene rings is 1. The van der Waals surface area contributed by atoms with Gasteiger partial charge in [-0.3, -0.25) is 0 Å². The molecule has 0 amide bonds. The Kier molecular flexibility index (Phi) is 4.37. The zero-order valence-electron chi connectivity index (χ0n) is 8.71. The van der Waals surface area contributed by atoms with Crippen LogP contribution in [0.25, 0.3) is 0 Å². The quantitative estimate of drug-likeness (QED) is 0.653. The molecule has 1 rings (SSSR count). The average Bonchev–Trinajstić information content (AvgIpc) is 2.15. The van der Waals surface area contributed by atoms with Gasteiger partial charge in [-0.2, -0.15) is 0 Å². The van der Waals surface area contributed by atoms with Crippen LogP contribution in [0.2, 0.25) is 0 Å². The Balaban J connectivity index is 2.56. The van der Waals surface area contributed by atoms with Crippen molar-refractivity contribution in [1.29, 1.82) is 0 Å². The van der Waals surface area contributed by atoms with Crippen LogP contribution in [0.3, 0.4) is 0 Å². The number of hydrogen-bond acceptors (Lipinski definition) is 1. The van der Waals surface area contributed by atoms with Gasteiger partial charge in [0.15, 0.2) is 0 Å². The van der Waals surface area contributed by atoms with E-state index in [2.05, 4.69) is 44.4 Å². The zero-order valence-corrected chi connectivity index (χ0v) is 9.53. The second-order valence-corrected chi connectivity index (χ2v) is 4.66. The highest BCUT2D eigenvalue weighted by molar-refractivity contribution is 7.98. The smallest absolute Gasteiger partial charge is 0.00718 e. The molecule has 0 aliphatic rings. The summed E-state index contributed by atoms with van der Waals surface area (Å²) in [5.41, 5.74) is 1.47. The number of thioether (sulfide) groups is 1. The van der Waals surface area contributed by atoms with E-state index in [4.69, 9.17) is 0 Å². The lowest BCUT2D eigenvalue weighted by Gasteiger charge is -2.05. The predicted molar refractivity (Wildman–Crippen MR) is 61.4 cm³/mol. The standard InChI is InChI=1S/C12H18S/c1-10(2)7-8-11-5-4-6-12(9-11)13-3/h4-6,9-10H,7-8H2,1-3H3. The largest absolute Gasteiger partial charge is 0.130 e. The normalized spacial score (nSPS) is 10.8. The van der Waals surface area contributed by atoms with Crippen LogP contribution in [0.15, 0.2) is 29.2 Å². The molecule has 0 atom stereocenters. The van der Waals surface area contributed by atoms with Gasteiger partial charge in [0.05, 0.1) is 0 Å². The van der Waals surface area contributed by atoms with Gasteiger partial charge >= 0.3 is 0 Å². The van der Waals surface area contributed by atoms with Crippen molar-refractivity contribution in [1.82, 2.24) is 0 Å². The summed E-state index contributed by atoms with van der Waals surface area (Å²) < 4.78 is 0. The maximum atomic E-state index is 2.30. The third-order valence-corrected chi connectivity index (χ3v) is 2.87. The fraction of sp³-hybridized carbons (Fsp3) is 0.500. The van der Waals surface area contributed by atoms with Crippen LogP contribution < -0.4 is 0 Å². The molecule has 0 saturated carbocycles. The first kappa shape index (κ1) is 10.6. The van der Waals surface area contributed by atoms with Crippen molar-refractivity contribution in [3.8, 4) is 0 Å². The van der Waals surface area contributed by atoms with Gasteiger partial charge in [-0.15, -0.1) is 11.8 Å². The lowest BCUT2D eigenvalue weighted by atomic mass is 10.0. The van der Waals surface area contributed by atoms with Crippen molar-refractivity contribution < 1.29 is 0 Å². The van der Waals surface area contributed by atoms with E-state index in [1.165, 1.54) is 23.3 Å². The molecule has 13 heavy (non-hydrogen) atoms. The summed E-state index contributed by atoms with van der Waals surface area (Å²) in [7, 11) is 0. The first-order valence-electron chi connectivity index (χ1n) is 4.85. The molecule has 0 nitrogen and oxygen atoms in total. The van der Waals surface area contributed by atoms with Gasteiger partial charge in [0.1, 0.15) is 0 Å². The molecule has 0 unspecified atom stereocenters. The second-order valence-electron chi connectivity index (χ2n) is 3.78. The summed E-state index contributed by atoms with van der Waals surface area (Å²) in [6, 6.07) is 8.85. The van der Waals surface area contributed by atoms with Gasteiger partial charge in [-0.25, -0.2) is 0 Å². The molecule has 0 bridgehead atoms. The van der Waals surface area contributed by atoms with Crippen molar-refractivity contribution in [2.24, 2.45) is 5.92 Å². The van der Waals surface area contributed by atoms with E-state index in [0.29, 0.717) is 0 Å². The van der Waals surface area contributed by atoms with Crippen molar-refractivity contribution in [2.45, 2.75) is 31.6 Å². The minimum absolute atomic E-state index is 0.804. The molecule has 1 heteroatoms. The van der Waals surface area contributed by atoms with Gasteiger partial charge < -0.3 is 0 Å². The first-order chi connectivity index (χ1) is 6.22. The van der Waals surface area contributed by atoms with Crippen LogP contribution in [-0.2, 0) is 6.42 Å². The first-order valence-corrected chi connectivity index (χ1v) is 6.07. The lowest BCUT2D eigenvalue weighted by Crippen LogP contribution is -1.91. The maximum Gasteiger partial charge on any atom is 0.00718 e. The fourth-order valence-corrected chi connectivity index (χ4v) is 1.77. The van der Waals surface area contributed by atoms with Crippen LogP contribution in [0.4, 0.5) is 0 Å². The maximum absolute atomic E-state index is 2.30. The van der Waals surface area contributed by atoms with Crippen molar-refractivity contribution in [3.05, 3.63) is 29.8 Å². The second kappa shape index (κ2) is 5.33. The number of hydrogen-bond donors (Lipinski definition) is 0. The molecule has 1 aromatic carbocycles. The average molecular weight is 194 g/mol. The molecule has 0 aliphatic carbocycles. The lowest BCUT2D eigenvalue weighted by molar-refractivity contribution is 0.586. The summed E-state index contributed by atoms with van der Waals surface area (Å²) in [4.78, 5) is 1.38. The molecule has 0 aromatic heterocycles. The Morgan fingerprint density at radius 3 is 2.69 bits per heavy atom. The Morgan fingerprint density at radius 2 is 2.08 bits per heavy atom. The zero-order chi connectivity index (χ0) is 9.68. The SMILES string of the molecule is CSc1cccc(CCC(C)C)c1. The third kappa shape index (κ3) is 3.86. The summed E-state index contributed by atoms with van der Waals surface area (Å²) in [5, 5.41) is 0. The van der Waals surface area contributed by atoms with E-state index < -0.39 is 0 Å². The highest BCUT2D eigenvalue weighted by atomic mass is 32.2. The van der Waals surface area contributed by atoms with Crippen LogP contribution in [0.5, 0.6) is 0 Å². The Labute approximate surface area is 85.7 Å². The van der Waals surface area contributed by atoms with E-state index >= 15 is 0 Å². The minimum atomic E-state index is 0.804. The van der Waals surface area contributed by atoms with E-state index in [9.17, 15) is 0 Å². The van der Waals surface area contributed by atoms with Crippen molar-refractivity contribution in [3.63, 3.8) is 0 Å². The molecule has 0 radical (unpaired) electrons. The number of aryl methyl sites for hydroxylation is 1. The van der Waals surface area contributed by atoms with Crippen LogP contribution in [0, 0.1) is 5.92 Å². The van der Waals surface area contributed by atoms with Gasteiger partial charge in [0.2, 0.25) is 0 Å². The van der Waals surface area contributed by atoms with Gasteiger partial charge in [-0.05, 0) is 42.7 Å². The fourth-order valence-electron chi connectivity index (χ4n) is 1.28. The third-order valence-electron chi connectivity index (χ3n) is 2.14. The van der Waals surface area contributed by atoms with Crippen LogP contribution >= 0.6 is 11.8 Å². The highest BCUT2D eigenvalue weighted by Crippen LogP contribution is 2.17. The summed E-state index contributed by atoms with van der Waals surface area (Å²) in [6.45, 7) is 4.55. The van der Waals surface area contributed by atoms with Crippen LogP contribution in [-0.4, -0.2) is 6.26 Å². The molecule has 0 heterocycles. The Bertz CT molecular complexity index is 253. The molecular weight excluding hydrogens is 176 g/mol. The van der Waals surface area contributed by atoms with Gasteiger partial charge in [0, 0.05) is 4.90 Å². The Hall–Kier alpha value is -0.430. The minimum Gasteiger partial charge on any atom is -0.130 e. The van der Waals surface area contributed by atoms with E-state index in [-0.39, 0.29) is 0 Å². The Morgan fingerprint density at radius 1 is 1.31 bits per heavy atom. The molecule has 0 spiro atoms.